The molecule has 0 aromatic heterocycles. The van der Waals surface area contributed by atoms with Crippen molar-refractivity contribution in [2.75, 3.05) is 19.8 Å². The van der Waals surface area contributed by atoms with Crippen LogP contribution in [0, 0.1) is 23.2 Å². The molecule has 1 saturated heterocycles. The van der Waals surface area contributed by atoms with Gasteiger partial charge < -0.3 is 10.1 Å². The SMILES string of the molecule is C1COCC(NCC23CC4CC(CC(C4)C2)C3)C1. The van der Waals surface area contributed by atoms with E-state index in [4.69, 9.17) is 4.74 Å². The summed E-state index contributed by atoms with van der Waals surface area (Å²) >= 11 is 0. The Morgan fingerprint density at radius 2 is 1.67 bits per heavy atom. The Hall–Kier alpha value is -0.0800. The average molecular weight is 249 g/mol. The highest BCUT2D eigenvalue weighted by atomic mass is 16.5. The molecule has 1 N–H and O–H groups in total. The standard InChI is InChI=1S/C16H27NO/c1-2-15(10-18-3-1)17-11-16-7-12-4-13(8-16)6-14(5-12)9-16/h12-15,17H,1-11H2. The van der Waals surface area contributed by atoms with Crippen LogP contribution in [0.2, 0.25) is 0 Å². The van der Waals surface area contributed by atoms with Crippen LogP contribution in [0.1, 0.15) is 51.4 Å². The summed E-state index contributed by atoms with van der Waals surface area (Å²) in [6, 6.07) is 0.645. The number of rotatable bonds is 3. The van der Waals surface area contributed by atoms with Crippen molar-refractivity contribution < 1.29 is 4.74 Å². The zero-order valence-electron chi connectivity index (χ0n) is 11.5. The molecular formula is C16H27NO. The molecule has 1 aliphatic heterocycles. The van der Waals surface area contributed by atoms with Crippen molar-refractivity contribution in [3.63, 3.8) is 0 Å². The Labute approximate surface area is 111 Å². The molecule has 4 aliphatic carbocycles. The zero-order chi connectivity index (χ0) is 12.0. The van der Waals surface area contributed by atoms with Gasteiger partial charge in [-0.05, 0) is 74.5 Å². The Morgan fingerprint density at radius 3 is 2.22 bits per heavy atom. The summed E-state index contributed by atoms with van der Waals surface area (Å²) in [6.45, 7) is 3.21. The van der Waals surface area contributed by atoms with Crippen molar-refractivity contribution in [2.45, 2.75) is 57.4 Å². The zero-order valence-corrected chi connectivity index (χ0v) is 11.5. The first-order valence-electron chi connectivity index (χ1n) is 8.12. The minimum atomic E-state index is 0.645. The van der Waals surface area contributed by atoms with Crippen LogP contribution in [0.3, 0.4) is 0 Å². The van der Waals surface area contributed by atoms with Crippen LogP contribution in [-0.4, -0.2) is 25.8 Å². The van der Waals surface area contributed by atoms with Gasteiger partial charge in [0.2, 0.25) is 0 Å². The van der Waals surface area contributed by atoms with Crippen LogP contribution in [0.5, 0.6) is 0 Å². The van der Waals surface area contributed by atoms with Crippen LogP contribution < -0.4 is 5.32 Å². The van der Waals surface area contributed by atoms with Crippen LogP contribution in [0.25, 0.3) is 0 Å². The highest BCUT2D eigenvalue weighted by Gasteiger charge is 2.50. The first-order chi connectivity index (χ1) is 8.81. The summed E-state index contributed by atoms with van der Waals surface area (Å²) < 4.78 is 5.59. The first-order valence-corrected chi connectivity index (χ1v) is 8.12. The van der Waals surface area contributed by atoms with Gasteiger partial charge in [-0.15, -0.1) is 0 Å². The van der Waals surface area contributed by atoms with Crippen molar-refractivity contribution in [3.05, 3.63) is 0 Å². The topological polar surface area (TPSA) is 21.3 Å². The number of ether oxygens (including phenoxy) is 1. The molecule has 4 saturated carbocycles. The molecule has 5 aliphatic rings. The second-order valence-corrected chi connectivity index (χ2v) is 7.71. The molecule has 0 aromatic carbocycles. The molecule has 1 unspecified atom stereocenters. The summed E-state index contributed by atoms with van der Waals surface area (Å²) in [5.74, 6) is 3.25. The third-order valence-electron chi connectivity index (χ3n) is 6.09. The lowest BCUT2D eigenvalue weighted by Gasteiger charge is -2.57. The monoisotopic (exact) mass is 249 g/mol. The summed E-state index contributed by atoms with van der Waals surface area (Å²) in [6.07, 6.45) is 11.8. The van der Waals surface area contributed by atoms with Crippen LogP contribution in [-0.2, 0) is 4.74 Å². The Balaban J connectivity index is 1.38. The molecule has 18 heavy (non-hydrogen) atoms. The molecule has 102 valence electrons. The lowest BCUT2D eigenvalue weighted by molar-refractivity contribution is -0.0549. The van der Waals surface area contributed by atoms with E-state index in [0.29, 0.717) is 11.5 Å². The van der Waals surface area contributed by atoms with Gasteiger partial charge >= 0.3 is 0 Å². The second kappa shape index (κ2) is 4.49. The number of nitrogens with one attached hydrogen (secondary N) is 1. The molecule has 2 nitrogen and oxygen atoms in total. The van der Waals surface area contributed by atoms with Crippen molar-refractivity contribution >= 4 is 0 Å². The van der Waals surface area contributed by atoms with Gasteiger partial charge in [0.05, 0.1) is 6.61 Å². The van der Waals surface area contributed by atoms with Crippen molar-refractivity contribution in [3.8, 4) is 0 Å². The van der Waals surface area contributed by atoms with E-state index < -0.39 is 0 Å². The molecule has 5 fully saturated rings. The Morgan fingerprint density at radius 1 is 1.00 bits per heavy atom. The average Bonchev–Trinajstić information content (AvgIpc) is 2.36. The fourth-order valence-electron chi connectivity index (χ4n) is 5.77. The van der Waals surface area contributed by atoms with Gasteiger partial charge in [-0.3, -0.25) is 0 Å². The lowest BCUT2D eigenvalue weighted by Crippen LogP contribution is -2.52. The molecule has 0 amide bonds. The normalized spacial score (nSPS) is 50.7. The Kier molecular flexibility index (Phi) is 2.92. The third-order valence-corrected chi connectivity index (χ3v) is 6.09. The minimum absolute atomic E-state index is 0.645. The van der Waals surface area contributed by atoms with Gasteiger partial charge in [-0.25, -0.2) is 0 Å². The van der Waals surface area contributed by atoms with Crippen LogP contribution >= 0.6 is 0 Å². The first kappa shape index (κ1) is 11.7. The van der Waals surface area contributed by atoms with Gasteiger partial charge in [-0.1, -0.05) is 0 Å². The maximum absolute atomic E-state index is 5.59. The Bertz CT molecular complexity index is 273. The summed E-state index contributed by atoms with van der Waals surface area (Å²) in [4.78, 5) is 0. The van der Waals surface area contributed by atoms with Crippen LogP contribution in [0.15, 0.2) is 0 Å². The van der Waals surface area contributed by atoms with E-state index in [1.165, 1.54) is 38.6 Å². The number of hydrogen-bond acceptors (Lipinski definition) is 2. The largest absolute Gasteiger partial charge is 0.380 e. The predicted octanol–water partition coefficient (Wildman–Crippen LogP) is 2.97. The van der Waals surface area contributed by atoms with Gasteiger partial charge in [0.25, 0.3) is 0 Å². The van der Waals surface area contributed by atoms with Gasteiger partial charge in [0.1, 0.15) is 0 Å². The van der Waals surface area contributed by atoms with Gasteiger partial charge in [0, 0.05) is 19.2 Å². The fraction of sp³-hybridized carbons (Fsp3) is 1.00. The second-order valence-electron chi connectivity index (χ2n) is 7.71. The van der Waals surface area contributed by atoms with Crippen LogP contribution in [0.4, 0.5) is 0 Å². The molecule has 4 bridgehead atoms. The van der Waals surface area contributed by atoms with E-state index in [1.807, 2.05) is 0 Å². The van der Waals surface area contributed by atoms with Crippen molar-refractivity contribution in [1.29, 1.82) is 0 Å². The molecule has 5 rings (SSSR count). The van der Waals surface area contributed by atoms with E-state index >= 15 is 0 Å². The number of hydrogen-bond donors (Lipinski definition) is 1. The summed E-state index contributed by atoms with van der Waals surface area (Å²) in [5.41, 5.74) is 0.687. The maximum Gasteiger partial charge on any atom is 0.0619 e. The third kappa shape index (κ3) is 2.12. The van der Waals surface area contributed by atoms with E-state index in [-0.39, 0.29) is 0 Å². The summed E-state index contributed by atoms with van der Waals surface area (Å²) in [7, 11) is 0. The molecule has 1 heterocycles. The molecule has 1 atom stereocenters. The molecule has 2 heteroatoms. The lowest BCUT2D eigenvalue weighted by atomic mass is 9.49. The highest BCUT2D eigenvalue weighted by Crippen LogP contribution is 2.59. The molecule has 0 aromatic rings. The van der Waals surface area contributed by atoms with Crippen molar-refractivity contribution in [2.24, 2.45) is 23.2 Å². The highest BCUT2D eigenvalue weighted by molar-refractivity contribution is 5.02. The van der Waals surface area contributed by atoms with Gasteiger partial charge in [-0.2, -0.15) is 0 Å². The molecule has 0 spiro atoms. The van der Waals surface area contributed by atoms with E-state index in [9.17, 15) is 0 Å². The summed E-state index contributed by atoms with van der Waals surface area (Å²) in [5, 5.41) is 3.85. The van der Waals surface area contributed by atoms with E-state index in [2.05, 4.69) is 5.32 Å². The maximum atomic E-state index is 5.59. The predicted molar refractivity (Wildman–Crippen MR) is 72.4 cm³/mol. The minimum Gasteiger partial charge on any atom is -0.380 e. The van der Waals surface area contributed by atoms with E-state index in [0.717, 1.165) is 31.0 Å². The van der Waals surface area contributed by atoms with Gasteiger partial charge in [0.15, 0.2) is 0 Å². The molecule has 0 radical (unpaired) electrons. The fourth-order valence-corrected chi connectivity index (χ4v) is 5.77. The van der Waals surface area contributed by atoms with Crippen molar-refractivity contribution in [1.82, 2.24) is 5.32 Å². The quantitative estimate of drug-likeness (QED) is 0.830. The van der Waals surface area contributed by atoms with E-state index in [1.54, 1.807) is 19.3 Å². The smallest absolute Gasteiger partial charge is 0.0619 e. The molecular weight excluding hydrogens is 222 g/mol.